The summed E-state index contributed by atoms with van der Waals surface area (Å²) in [7, 11) is 1.43. The number of carbonyl (C=O) groups excluding carboxylic acids is 2. The van der Waals surface area contributed by atoms with Gasteiger partial charge in [-0.05, 0) is 48.0 Å². The largest absolute Gasteiger partial charge is 0.493 e. The van der Waals surface area contributed by atoms with Gasteiger partial charge in [-0.2, -0.15) is 5.26 Å². The highest BCUT2D eigenvalue weighted by molar-refractivity contribution is 6.30. The summed E-state index contributed by atoms with van der Waals surface area (Å²) >= 11 is 5.82. The van der Waals surface area contributed by atoms with Crippen LogP contribution in [0.5, 0.6) is 17.2 Å². The van der Waals surface area contributed by atoms with Crippen LogP contribution in [0.4, 0.5) is 0 Å². The lowest BCUT2D eigenvalue weighted by Crippen LogP contribution is -2.41. The molecule has 3 rings (SSSR count). The quantitative estimate of drug-likeness (QED) is 0.273. The summed E-state index contributed by atoms with van der Waals surface area (Å²) in [4.78, 5) is 26.3. The summed E-state index contributed by atoms with van der Waals surface area (Å²) in [5.74, 6) is -0.0405. The van der Waals surface area contributed by atoms with E-state index in [4.69, 9.17) is 30.5 Å². The average Bonchev–Trinajstić information content (AvgIpc) is 2.83. The van der Waals surface area contributed by atoms with Crippen LogP contribution in [-0.4, -0.2) is 56.8 Å². The van der Waals surface area contributed by atoms with Crippen LogP contribution in [0.1, 0.15) is 5.56 Å². The zero-order chi connectivity index (χ0) is 22.9. The lowest BCUT2D eigenvalue weighted by atomic mass is 10.1. The van der Waals surface area contributed by atoms with E-state index in [9.17, 15) is 14.9 Å². The van der Waals surface area contributed by atoms with Gasteiger partial charge in [-0.3, -0.25) is 4.79 Å². The Morgan fingerprint density at radius 1 is 1.16 bits per heavy atom. The topological polar surface area (TPSA) is 98.1 Å². The van der Waals surface area contributed by atoms with E-state index in [0.717, 1.165) is 0 Å². The van der Waals surface area contributed by atoms with Crippen molar-refractivity contribution in [1.82, 2.24) is 4.90 Å². The number of hydrogen-bond donors (Lipinski definition) is 0. The van der Waals surface area contributed by atoms with Crippen LogP contribution in [0.3, 0.4) is 0 Å². The maximum atomic E-state index is 12.6. The molecular weight excluding hydrogens is 436 g/mol. The van der Waals surface area contributed by atoms with E-state index in [2.05, 4.69) is 0 Å². The first-order chi connectivity index (χ1) is 15.5. The molecule has 0 spiro atoms. The van der Waals surface area contributed by atoms with Crippen LogP contribution in [0.15, 0.2) is 48.0 Å². The van der Waals surface area contributed by atoms with Crippen LogP contribution in [0.2, 0.25) is 5.02 Å². The second kappa shape index (κ2) is 11.2. The predicted molar refractivity (Wildman–Crippen MR) is 117 cm³/mol. The lowest BCUT2D eigenvalue weighted by molar-refractivity contribution is -0.136. The number of esters is 1. The summed E-state index contributed by atoms with van der Waals surface area (Å²) < 4.78 is 21.2. The van der Waals surface area contributed by atoms with Gasteiger partial charge < -0.3 is 23.8 Å². The molecular formula is C23H21ClN2O6. The fourth-order valence-electron chi connectivity index (χ4n) is 2.93. The molecule has 1 saturated heterocycles. The highest BCUT2D eigenvalue weighted by Gasteiger charge is 2.21. The normalized spacial score (nSPS) is 13.8. The monoisotopic (exact) mass is 456 g/mol. The number of hydrogen-bond acceptors (Lipinski definition) is 7. The molecule has 1 aliphatic heterocycles. The molecule has 1 aliphatic rings. The molecule has 8 nitrogen and oxygen atoms in total. The van der Waals surface area contributed by atoms with Crippen molar-refractivity contribution in [2.75, 3.05) is 40.0 Å². The third kappa shape index (κ3) is 6.23. The summed E-state index contributed by atoms with van der Waals surface area (Å²) in [5.41, 5.74) is 0.548. The number of ether oxygens (including phenoxy) is 4. The van der Waals surface area contributed by atoms with E-state index in [0.29, 0.717) is 42.6 Å². The number of halogens is 1. The van der Waals surface area contributed by atoms with Crippen LogP contribution in [-0.2, 0) is 14.3 Å². The molecule has 1 heterocycles. The molecule has 0 unspecified atom stereocenters. The maximum absolute atomic E-state index is 12.6. The third-order valence-electron chi connectivity index (χ3n) is 4.54. The minimum absolute atomic E-state index is 0.00457. The minimum atomic E-state index is -0.623. The first kappa shape index (κ1) is 23.1. The van der Waals surface area contributed by atoms with E-state index in [-0.39, 0.29) is 29.6 Å². The molecule has 0 saturated carbocycles. The number of nitriles is 1. The molecule has 32 heavy (non-hydrogen) atoms. The lowest BCUT2D eigenvalue weighted by Gasteiger charge is -2.26. The summed E-state index contributed by atoms with van der Waals surface area (Å²) in [6.07, 6.45) is 1.47. The predicted octanol–water partition coefficient (Wildman–Crippen LogP) is 3.10. The Hall–Kier alpha value is -3.54. The SMILES string of the molecule is COc1cc(/C=C(\C#N)C(=O)N2CCOCC2)ccc1OC(=O)COc1ccc(Cl)cc1. The number of methoxy groups -OCH3 is 1. The highest BCUT2D eigenvalue weighted by atomic mass is 35.5. The Labute approximate surface area is 190 Å². The smallest absolute Gasteiger partial charge is 0.349 e. The summed E-state index contributed by atoms with van der Waals surface area (Å²) in [5, 5.41) is 10.00. The van der Waals surface area contributed by atoms with Gasteiger partial charge in [-0.25, -0.2) is 4.79 Å². The number of benzene rings is 2. The van der Waals surface area contributed by atoms with Crippen molar-refractivity contribution in [3.8, 4) is 23.3 Å². The molecule has 0 bridgehead atoms. The van der Waals surface area contributed by atoms with Crippen LogP contribution < -0.4 is 14.2 Å². The second-order valence-corrected chi connectivity index (χ2v) is 7.14. The van der Waals surface area contributed by atoms with Crippen molar-refractivity contribution in [1.29, 1.82) is 5.26 Å². The van der Waals surface area contributed by atoms with Crippen molar-refractivity contribution < 1.29 is 28.5 Å². The van der Waals surface area contributed by atoms with Gasteiger partial charge in [-0.1, -0.05) is 17.7 Å². The van der Waals surface area contributed by atoms with Gasteiger partial charge in [0.05, 0.1) is 20.3 Å². The molecule has 0 aliphatic carbocycles. The molecule has 0 atom stereocenters. The first-order valence-corrected chi connectivity index (χ1v) is 10.1. The molecule has 166 valence electrons. The van der Waals surface area contributed by atoms with E-state index in [1.54, 1.807) is 41.3 Å². The van der Waals surface area contributed by atoms with E-state index in [1.807, 2.05) is 6.07 Å². The molecule has 0 radical (unpaired) electrons. The van der Waals surface area contributed by atoms with Gasteiger partial charge in [0.25, 0.3) is 5.91 Å². The first-order valence-electron chi connectivity index (χ1n) is 9.76. The molecule has 0 aromatic heterocycles. The Morgan fingerprint density at radius 3 is 2.53 bits per heavy atom. The van der Waals surface area contributed by atoms with Gasteiger partial charge in [0, 0.05) is 18.1 Å². The zero-order valence-electron chi connectivity index (χ0n) is 17.4. The Bertz CT molecular complexity index is 1040. The molecule has 0 N–H and O–H groups in total. The van der Waals surface area contributed by atoms with Crippen molar-refractivity contribution in [2.45, 2.75) is 0 Å². The second-order valence-electron chi connectivity index (χ2n) is 6.70. The van der Waals surface area contributed by atoms with Gasteiger partial charge >= 0.3 is 5.97 Å². The highest BCUT2D eigenvalue weighted by Crippen LogP contribution is 2.29. The van der Waals surface area contributed by atoms with Gasteiger partial charge in [0.2, 0.25) is 0 Å². The molecule has 9 heteroatoms. The van der Waals surface area contributed by atoms with Gasteiger partial charge in [-0.15, -0.1) is 0 Å². The van der Waals surface area contributed by atoms with Crippen molar-refractivity contribution >= 4 is 29.6 Å². The fraction of sp³-hybridized carbons (Fsp3) is 0.261. The van der Waals surface area contributed by atoms with Crippen LogP contribution in [0, 0.1) is 11.3 Å². The van der Waals surface area contributed by atoms with Crippen molar-refractivity contribution in [3.05, 3.63) is 58.6 Å². The number of nitrogens with zero attached hydrogens (tertiary/aromatic N) is 2. The van der Waals surface area contributed by atoms with E-state index >= 15 is 0 Å². The fourth-order valence-corrected chi connectivity index (χ4v) is 3.05. The number of carbonyl (C=O) groups is 2. The molecule has 2 aromatic carbocycles. The number of amides is 1. The average molecular weight is 457 g/mol. The molecule has 1 amide bonds. The van der Waals surface area contributed by atoms with E-state index < -0.39 is 5.97 Å². The minimum Gasteiger partial charge on any atom is -0.493 e. The van der Waals surface area contributed by atoms with Gasteiger partial charge in [0.1, 0.15) is 17.4 Å². The maximum Gasteiger partial charge on any atom is 0.349 e. The Morgan fingerprint density at radius 2 is 1.88 bits per heavy atom. The van der Waals surface area contributed by atoms with Crippen molar-refractivity contribution in [3.63, 3.8) is 0 Å². The van der Waals surface area contributed by atoms with E-state index in [1.165, 1.54) is 19.3 Å². The zero-order valence-corrected chi connectivity index (χ0v) is 18.1. The Kier molecular flexibility index (Phi) is 8.08. The standard InChI is InChI=1S/C23H21ClN2O6/c1-29-21-13-16(12-17(14-25)23(28)26-8-10-30-11-9-26)2-7-20(21)32-22(27)15-31-19-5-3-18(24)4-6-19/h2-7,12-13H,8-11,15H2,1H3/b17-12+. The Balaban J connectivity index is 1.67. The number of morpholine rings is 1. The summed E-state index contributed by atoms with van der Waals surface area (Å²) in [6.45, 7) is 1.46. The molecule has 2 aromatic rings. The van der Waals surface area contributed by atoms with Gasteiger partial charge in [0.15, 0.2) is 18.1 Å². The number of rotatable bonds is 7. The molecule has 1 fully saturated rings. The summed E-state index contributed by atoms with van der Waals surface area (Å²) in [6, 6.07) is 13.3. The third-order valence-corrected chi connectivity index (χ3v) is 4.79. The van der Waals surface area contributed by atoms with Crippen LogP contribution in [0.25, 0.3) is 6.08 Å². The van der Waals surface area contributed by atoms with Crippen molar-refractivity contribution in [2.24, 2.45) is 0 Å². The van der Waals surface area contributed by atoms with Crippen LogP contribution >= 0.6 is 11.6 Å².